The normalized spacial score (nSPS) is 10.6. The summed E-state index contributed by atoms with van der Waals surface area (Å²) in [6.07, 6.45) is 7.66. The first-order valence-electron chi connectivity index (χ1n) is 13.6. The molecule has 0 heterocycles. The summed E-state index contributed by atoms with van der Waals surface area (Å²) in [4.78, 5) is 10.1. The van der Waals surface area contributed by atoms with Gasteiger partial charge in [-0.15, -0.1) is 0 Å². The average Bonchev–Trinajstić information content (AvgIpc) is 2.86. The molecule has 0 aromatic heterocycles. The van der Waals surface area contributed by atoms with E-state index < -0.39 is 25.7 Å². The Bertz CT molecular complexity index is 919. The number of hydrogen-bond donors (Lipinski definition) is 0. The molecule has 2 nitrogen and oxygen atoms in total. The van der Waals surface area contributed by atoms with Gasteiger partial charge in [0.05, 0.1) is 5.97 Å². The van der Waals surface area contributed by atoms with Crippen LogP contribution in [0.1, 0.15) is 69.1 Å². The number of aliphatic carboxylic acids is 1. The van der Waals surface area contributed by atoms with Crippen LogP contribution < -0.4 is 15.8 Å². The molecule has 3 rings (SSSR count). The van der Waals surface area contributed by atoms with Crippen LogP contribution in [-0.4, -0.2) is 37.2 Å². The summed E-state index contributed by atoms with van der Waals surface area (Å²) in [5.74, 6) is 0.978. The third-order valence-corrected chi connectivity index (χ3v) is 15.1. The molecule has 0 atom stereocenters. The van der Waals surface area contributed by atoms with E-state index in [4.69, 9.17) is 0 Å². The first-order chi connectivity index (χ1) is 17.8. The summed E-state index contributed by atoms with van der Waals surface area (Å²) in [6.45, 7) is 11.0. The zero-order chi connectivity index (χ0) is 27.0. The standard InChI is InChI=1S/C12H24O2S.3C7H7.Sn/c1-11(2)8-6-4-3-5-7-9-15-10-12(13)14;3*1-7-5-3-2-4-6-7;/h11H,3-10H2,1-2H3,(H,13,14);3*3-6H,1H3;/q;;;;+1/p-1. The number of aryl methyl sites for hydroxylation is 3. The van der Waals surface area contributed by atoms with Crippen LogP contribution in [0, 0.1) is 26.7 Å². The van der Waals surface area contributed by atoms with E-state index in [0.717, 1.165) is 18.1 Å². The number of thioether (sulfide) groups is 1. The van der Waals surface area contributed by atoms with Crippen LogP contribution in [-0.2, 0) is 4.79 Å². The number of unbranched alkanes of at least 4 members (excludes halogenated alkanes) is 4. The van der Waals surface area contributed by atoms with E-state index in [1.165, 1.54) is 60.6 Å². The molecule has 0 unspecified atom stereocenters. The number of carboxylic acids is 1. The van der Waals surface area contributed by atoms with E-state index in [0.29, 0.717) is 0 Å². The first-order valence-corrected chi connectivity index (χ1v) is 19.1. The minimum atomic E-state index is -2.06. The molecule has 4 heteroatoms. The maximum atomic E-state index is 10.1. The van der Waals surface area contributed by atoms with Gasteiger partial charge in [-0.3, -0.25) is 0 Å². The number of benzene rings is 3. The second-order valence-electron chi connectivity index (χ2n) is 10.3. The van der Waals surface area contributed by atoms with Crippen molar-refractivity contribution in [2.45, 2.75) is 73.1 Å². The van der Waals surface area contributed by atoms with Gasteiger partial charge in [0.2, 0.25) is 0 Å². The predicted molar refractivity (Wildman–Crippen MR) is 163 cm³/mol. The van der Waals surface area contributed by atoms with Gasteiger partial charge in [0.1, 0.15) is 0 Å². The van der Waals surface area contributed by atoms with Gasteiger partial charge in [-0.25, -0.2) is 0 Å². The van der Waals surface area contributed by atoms with Crippen molar-refractivity contribution in [1.82, 2.24) is 0 Å². The average molecular weight is 623 g/mol. The zero-order valence-corrected chi connectivity index (χ0v) is 27.1. The van der Waals surface area contributed by atoms with Crippen molar-refractivity contribution in [3.63, 3.8) is 0 Å². The molecule has 0 radical (unpaired) electrons. The molecular weight excluding hydrogens is 579 g/mol. The van der Waals surface area contributed by atoms with Crippen molar-refractivity contribution >= 4 is 48.2 Å². The van der Waals surface area contributed by atoms with E-state index in [2.05, 4.69) is 107 Å². The van der Waals surface area contributed by atoms with E-state index in [1.54, 1.807) is 10.7 Å². The number of rotatable bonds is 13. The fourth-order valence-corrected chi connectivity index (χ4v) is 12.0. The van der Waals surface area contributed by atoms with Crippen LogP contribution in [0.4, 0.5) is 0 Å². The number of carboxylic acid groups (broad SMARTS) is 1. The van der Waals surface area contributed by atoms with Crippen molar-refractivity contribution in [2.24, 2.45) is 5.92 Å². The minimum absolute atomic E-state index is 0.146. The molecule has 0 aliphatic heterocycles. The Morgan fingerprint density at radius 2 is 1.05 bits per heavy atom. The van der Waals surface area contributed by atoms with Crippen LogP contribution in [0.5, 0.6) is 0 Å². The molecule has 0 spiro atoms. The molecule has 0 N–H and O–H groups in total. The van der Waals surface area contributed by atoms with Gasteiger partial charge >= 0.3 is 141 Å². The SMILES string of the molecule is CC(C)CCCCCCCSCC(=O)[O-].Cc1cc[c]([Sn+]([c]2ccc(C)cc2)[c]2ccc(C)cc2)cc1. The Morgan fingerprint density at radius 1 is 0.676 bits per heavy atom. The number of hydrogen-bond acceptors (Lipinski definition) is 3. The van der Waals surface area contributed by atoms with E-state index in [1.807, 2.05) is 0 Å². The molecule has 0 aliphatic rings. The molecule has 0 bridgehead atoms. The number of carbonyl (C=O) groups is 1. The zero-order valence-electron chi connectivity index (χ0n) is 23.4. The van der Waals surface area contributed by atoms with Crippen molar-refractivity contribution < 1.29 is 9.90 Å². The van der Waals surface area contributed by atoms with Gasteiger partial charge in [0.25, 0.3) is 0 Å². The van der Waals surface area contributed by atoms with Crippen molar-refractivity contribution in [2.75, 3.05) is 11.5 Å². The third kappa shape index (κ3) is 13.1. The summed E-state index contributed by atoms with van der Waals surface area (Å²) >= 11 is -0.595. The molecule has 3 aromatic carbocycles. The van der Waals surface area contributed by atoms with Gasteiger partial charge in [-0.2, -0.15) is 11.8 Å². The predicted octanol–water partition coefficient (Wildman–Crippen LogP) is 5.59. The monoisotopic (exact) mass is 624 g/mol. The van der Waals surface area contributed by atoms with Gasteiger partial charge in [0.15, 0.2) is 0 Å². The summed E-state index contributed by atoms with van der Waals surface area (Å²) < 4.78 is 4.63. The van der Waals surface area contributed by atoms with Crippen LogP contribution in [0.2, 0.25) is 0 Å². The molecule has 0 fully saturated rings. The van der Waals surface area contributed by atoms with Crippen LogP contribution in [0.15, 0.2) is 72.8 Å². The fraction of sp³-hybridized carbons (Fsp3) is 0.424. The molecule has 0 aliphatic carbocycles. The third-order valence-electron chi connectivity index (χ3n) is 6.31. The number of carbonyl (C=O) groups excluding carboxylic acids is 1. The van der Waals surface area contributed by atoms with Crippen molar-refractivity contribution in [1.29, 1.82) is 0 Å². The Labute approximate surface area is 237 Å². The summed E-state index contributed by atoms with van der Waals surface area (Å²) in [5.41, 5.74) is 4.00. The molecule has 37 heavy (non-hydrogen) atoms. The van der Waals surface area contributed by atoms with E-state index >= 15 is 0 Å². The second-order valence-corrected chi connectivity index (χ2v) is 18.5. The Kier molecular flexibility index (Phi) is 15.1. The summed E-state index contributed by atoms with van der Waals surface area (Å²) in [6, 6.07) is 27.5. The Balaban J connectivity index is 0.000000283. The molecule has 0 saturated heterocycles. The molecule has 0 amide bonds. The second kappa shape index (κ2) is 17.7. The van der Waals surface area contributed by atoms with Crippen molar-refractivity contribution in [3.8, 4) is 0 Å². The van der Waals surface area contributed by atoms with E-state index in [-0.39, 0.29) is 5.75 Å². The van der Waals surface area contributed by atoms with Crippen LogP contribution in [0.25, 0.3) is 0 Å². The molecule has 198 valence electrons. The topological polar surface area (TPSA) is 40.1 Å². The van der Waals surface area contributed by atoms with Crippen LogP contribution >= 0.6 is 11.8 Å². The Morgan fingerprint density at radius 3 is 1.43 bits per heavy atom. The van der Waals surface area contributed by atoms with Crippen molar-refractivity contribution in [3.05, 3.63) is 89.5 Å². The van der Waals surface area contributed by atoms with Crippen LogP contribution in [0.3, 0.4) is 0 Å². The molecular formula is C33H44O2SSn. The molecule has 3 aromatic rings. The van der Waals surface area contributed by atoms with Gasteiger partial charge in [-0.05, 0) is 18.1 Å². The maximum absolute atomic E-state index is 10.1. The van der Waals surface area contributed by atoms with Gasteiger partial charge in [0, 0.05) is 5.75 Å². The van der Waals surface area contributed by atoms with Gasteiger partial charge in [-0.1, -0.05) is 46.0 Å². The van der Waals surface area contributed by atoms with Gasteiger partial charge < -0.3 is 9.90 Å². The van der Waals surface area contributed by atoms with E-state index in [9.17, 15) is 9.90 Å². The first kappa shape index (κ1) is 31.5. The molecule has 0 saturated carbocycles. The summed E-state index contributed by atoms with van der Waals surface area (Å²) in [7, 11) is 0. The fourth-order valence-electron chi connectivity index (χ4n) is 4.10. The Hall–Kier alpha value is -1.72. The summed E-state index contributed by atoms with van der Waals surface area (Å²) in [5, 5.41) is 10.1. The quantitative estimate of drug-likeness (QED) is 0.184.